The number of ether oxygens (including phenoxy) is 1. The number of rotatable bonds is 8. The van der Waals surface area contributed by atoms with E-state index in [0.717, 1.165) is 18.2 Å². The minimum absolute atomic E-state index is 0.312. The summed E-state index contributed by atoms with van der Waals surface area (Å²) in [4.78, 5) is 16.5. The third-order valence-electron chi connectivity index (χ3n) is 3.70. The van der Waals surface area contributed by atoms with Gasteiger partial charge in [0.1, 0.15) is 5.56 Å². The molecule has 0 unspecified atom stereocenters. The summed E-state index contributed by atoms with van der Waals surface area (Å²) in [6.07, 6.45) is 8.36. The number of carbonyl (C=O) groups is 1. The first kappa shape index (κ1) is 18.0. The van der Waals surface area contributed by atoms with E-state index >= 15 is 0 Å². The lowest BCUT2D eigenvalue weighted by Crippen LogP contribution is -2.08. The predicted molar refractivity (Wildman–Crippen MR) is 95.4 cm³/mol. The van der Waals surface area contributed by atoms with Crippen LogP contribution in [0.2, 0.25) is 10.0 Å². The maximum Gasteiger partial charge on any atom is 0.341 e. The molecule has 0 saturated heterocycles. The number of fused-ring (bicyclic) bond motifs is 1. The molecule has 0 spiro atoms. The van der Waals surface area contributed by atoms with E-state index in [0.29, 0.717) is 27.7 Å². The largest absolute Gasteiger partial charge is 0.462 e. The quantitative estimate of drug-likeness (QED) is 0.427. The molecular weight excluding hydrogens is 333 g/mol. The van der Waals surface area contributed by atoms with Crippen molar-refractivity contribution in [2.75, 3.05) is 6.61 Å². The van der Waals surface area contributed by atoms with Crippen LogP contribution < -0.4 is 0 Å². The van der Waals surface area contributed by atoms with Crippen molar-refractivity contribution < 1.29 is 9.53 Å². The van der Waals surface area contributed by atoms with Crippen LogP contribution in [0.25, 0.3) is 10.9 Å². The van der Waals surface area contributed by atoms with Crippen LogP contribution in [0.1, 0.15) is 55.8 Å². The molecule has 0 bridgehead atoms. The highest BCUT2D eigenvalue weighted by Gasteiger charge is 2.17. The molecule has 0 radical (unpaired) electrons. The number of carbonyl (C=O) groups excluding carboxylic acids is 1. The highest BCUT2D eigenvalue weighted by atomic mass is 35.5. The summed E-state index contributed by atoms with van der Waals surface area (Å²) in [5.41, 5.74) is 0.835. The van der Waals surface area contributed by atoms with Crippen LogP contribution in [0.4, 0.5) is 0 Å². The summed E-state index contributed by atoms with van der Waals surface area (Å²) >= 11 is 12.1. The topological polar surface area (TPSA) is 39.2 Å². The molecule has 5 heteroatoms. The number of benzene rings is 1. The Bertz CT molecular complexity index is 673. The number of esters is 1. The molecule has 1 aromatic carbocycles. The minimum atomic E-state index is -0.427. The Hall–Kier alpha value is -1.32. The number of unbranched alkanes of at least 4 members (excludes halogenated alkanes) is 5. The van der Waals surface area contributed by atoms with Gasteiger partial charge in [-0.25, -0.2) is 4.79 Å². The minimum Gasteiger partial charge on any atom is -0.462 e. The Kier molecular flexibility index (Phi) is 7.13. The van der Waals surface area contributed by atoms with E-state index in [4.69, 9.17) is 27.9 Å². The number of hydrogen-bond acceptors (Lipinski definition) is 3. The molecule has 0 atom stereocenters. The molecule has 0 N–H and O–H groups in total. The lowest BCUT2D eigenvalue weighted by molar-refractivity contribution is 0.0500. The third kappa shape index (κ3) is 5.08. The van der Waals surface area contributed by atoms with Gasteiger partial charge in [-0.05, 0) is 18.6 Å². The number of pyridine rings is 1. The van der Waals surface area contributed by atoms with Crippen LogP contribution in [0, 0.1) is 0 Å². The van der Waals surface area contributed by atoms with E-state index in [2.05, 4.69) is 11.9 Å². The van der Waals surface area contributed by atoms with Crippen molar-refractivity contribution in [1.82, 2.24) is 4.98 Å². The van der Waals surface area contributed by atoms with Crippen molar-refractivity contribution in [3.8, 4) is 0 Å². The average molecular weight is 354 g/mol. The van der Waals surface area contributed by atoms with E-state index in [1.165, 1.54) is 31.9 Å². The maximum absolute atomic E-state index is 12.3. The first-order chi connectivity index (χ1) is 11.1. The zero-order valence-corrected chi connectivity index (χ0v) is 14.8. The lowest BCUT2D eigenvalue weighted by Gasteiger charge is -2.09. The molecule has 0 saturated carbocycles. The molecule has 2 aromatic rings. The number of aromatic nitrogens is 1. The summed E-state index contributed by atoms with van der Waals surface area (Å²) in [6.45, 7) is 2.60. The molecule has 23 heavy (non-hydrogen) atoms. The second-order valence-corrected chi connectivity index (χ2v) is 6.39. The maximum atomic E-state index is 12.3. The number of nitrogens with zero attached hydrogens (tertiary/aromatic N) is 1. The van der Waals surface area contributed by atoms with E-state index in [9.17, 15) is 4.79 Å². The van der Waals surface area contributed by atoms with Crippen LogP contribution in [0.15, 0.2) is 24.4 Å². The van der Waals surface area contributed by atoms with Crippen LogP contribution in [0.5, 0.6) is 0 Å². The second-order valence-electron chi connectivity index (χ2n) is 5.55. The van der Waals surface area contributed by atoms with Crippen LogP contribution in [-0.2, 0) is 4.74 Å². The van der Waals surface area contributed by atoms with Crippen molar-refractivity contribution in [3.63, 3.8) is 0 Å². The van der Waals surface area contributed by atoms with Gasteiger partial charge < -0.3 is 4.74 Å². The normalized spacial score (nSPS) is 10.9. The molecule has 124 valence electrons. The van der Waals surface area contributed by atoms with Gasteiger partial charge in [-0.1, -0.05) is 68.3 Å². The molecule has 3 nitrogen and oxygen atoms in total. The van der Waals surface area contributed by atoms with Crippen LogP contribution >= 0.6 is 23.2 Å². The van der Waals surface area contributed by atoms with Gasteiger partial charge in [-0.15, -0.1) is 0 Å². The summed E-state index contributed by atoms with van der Waals surface area (Å²) < 4.78 is 5.36. The van der Waals surface area contributed by atoms with Gasteiger partial charge in [0.25, 0.3) is 0 Å². The molecule has 0 amide bonds. The Morgan fingerprint density at radius 3 is 2.65 bits per heavy atom. The predicted octanol–water partition coefficient (Wildman–Crippen LogP) is 6.06. The van der Waals surface area contributed by atoms with Gasteiger partial charge in [0.05, 0.1) is 22.2 Å². The molecule has 0 fully saturated rings. The molecule has 2 rings (SSSR count). The van der Waals surface area contributed by atoms with E-state index in [-0.39, 0.29) is 0 Å². The fourth-order valence-electron chi connectivity index (χ4n) is 2.46. The van der Waals surface area contributed by atoms with Crippen LogP contribution in [0.3, 0.4) is 0 Å². The highest BCUT2D eigenvalue weighted by Crippen LogP contribution is 2.27. The molecule has 0 aliphatic carbocycles. The SMILES string of the molecule is CCCCCCCCOC(=O)c1c(Cl)ccc2cc(Cl)cnc12. The van der Waals surface area contributed by atoms with E-state index in [1.807, 2.05) is 0 Å². The van der Waals surface area contributed by atoms with E-state index < -0.39 is 5.97 Å². The summed E-state index contributed by atoms with van der Waals surface area (Å²) in [5, 5.41) is 1.64. The van der Waals surface area contributed by atoms with E-state index in [1.54, 1.807) is 18.2 Å². The smallest absolute Gasteiger partial charge is 0.341 e. The van der Waals surface area contributed by atoms with Crippen molar-refractivity contribution in [2.24, 2.45) is 0 Å². The first-order valence-electron chi connectivity index (χ1n) is 8.04. The van der Waals surface area contributed by atoms with Crippen molar-refractivity contribution in [2.45, 2.75) is 45.4 Å². The van der Waals surface area contributed by atoms with Crippen molar-refractivity contribution >= 4 is 40.1 Å². The lowest BCUT2D eigenvalue weighted by atomic mass is 10.1. The Morgan fingerprint density at radius 2 is 1.87 bits per heavy atom. The Morgan fingerprint density at radius 1 is 1.13 bits per heavy atom. The zero-order chi connectivity index (χ0) is 16.7. The van der Waals surface area contributed by atoms with Gasteiger partial charge in [0, 0.05) is 11.6 Å². The first-order valence-corrected chi connectivity index (χ1v) is 8.80. The zero-order valence-electron chi connectivity index (χ0n) is 13.3. The van der Waals surface area contributed by atoms with Crippen molar-refractivity contribution in [1.29, 1.82) is 0 Å². The van der Waals surface area contributed by atoms with Gasteiger partial charge >= 0.3 is 5.97 Å². The van der Waals surface area contributed by atoms with Gasteiger partial charge in [0.15, 0.2) is 0 Å². The molecule has 1 aromatic heterocycles. The summed E-state index contributed by atoms with van der Waals surface area (Å²) in [6, 6.07) is 5.22. The fourth-order valence-corrected chi connectivity index (χ4v) is 2.86. The summed E-state index contributed by atoms with van der Waals surface area (Å²) in [5.74, 6) is -0.427. The molecular formula is C18H21Cl2NO2. The summed E-state index contributed by atoms with van der Waals surface area (Å²) in [7, 11) is 0. The van der Waals surface area contributed by atoms with Gasteiger partial charge in [-0.3, -0.25) is 4.98 Å². The average Bonchev–Trinajstić information content (AvgIpc) is 2.54. The van der Waals surface area contributed by atoms with Gasteiger partial charge in [0.2, 0.25) is 0 Å². The fraction of sp³-hybridized carbons (Fsp3) is 0.444. The third-order valence-corrected chi connectivity index (χ3v) is 4.23. The second kappa shape index (κ2) is 9.09. The van der Waals surface area contributed by atoms with Crippen LogP contribution in [-0.4, -0.2) is 17.6 Å². The molecule has 0 aliphatic heterocycles. The number of hydrogen-bond donors (Lipinski definition) is 0. The Labute approximate surface area is 146 Å². The highest BCUT2D eigenvalue weighted by molar-refractivity contribution is 6.35. The monoisotopic (exact) mass is 353 g/mol. The number of halogens is 2. The molecule has 1 heterocycles. The standard InChI is InChI=1S/C18H21Cl2NO2/c1-2-3-4-5-6-7-10-23-18(22)16-15(20)9-8-13-11-14(19)12-21-17(13)16/h8-9,11-12H,2-7,10H2,1H3. The molecule has 0 aliphatic rings. The van der Waals surface area contributed by atoms with Gasteiger partial charge in [-0.2, -0.15) is 0 Å². The Balaban J connectivity index is 1.97. The van der Waals surface area contributed by atoms with Crippen molar-refractivity contribution in [3.05, 3.63) is 40.0 Å².